The minimum Gasteiger partial charge on any atom is -0.373 e. The Balaban J connectivity index is 2.76. The van der Waals surface area contributed by atoms with Crippen molar-refractivity contribution < 1.29 is 9.66 Å². The number of H-pyrrole nitrogens is 1. The largest absolute Gasteiger partial charge is 0.373 e. The summed E-state index contributed by atoms with van der Waals surface area (Å²) >= 11 is 3.08. The Morgan fingerprint density at radius 2 is 2.46 bits per heavy atom. The molecule has 1 aromatic rings. The van der Waals surface area contributed by atoms with Crippen LogP contribution in [0.5, 0.6) is 0 Å². The summed E-state index contributed by atoms with van der Waals surface area (Å²) in [5.41, 5.74) is 0.695. The van der Waals surface area contributed by atoms with Crippen molar-refractivity contribution in [3.05, 3.63) is 26.3 Å². The Labute approximate surface area is 83.4 Å². The number of hydrogen-bond donors (Lipinski definition) is 1. The average Bonchev–Trinajstić information content (AvgIpc) is 2.43. The van der Waals surface area contributed by atoms with Gasteiger partial charge in [0.25, 0.3) is 0 Å². The van der Waals surface area contributed by atoms with Crippen molar-refractivity contribution in [3.63, 3.8) is 0 Å². The van der Waals surface area contributed by atoms with Crippen molar-refractivity contribution in [2.24, 2.45) is 0 Å². The smallest absolute Gasteiger partial charge is 0.335 e. The van der Waals surface area contributed by atoms with Crippen LogP contribution in [-0.4, -0.2) is 16.5 Å². The van der Waals surface area contributed by atoms with Crippen LogP contribution in [0.2, 0.25) is 0 Å². The van der Waals surface area contributed by atoms with E-state index in [1.54, 1.807) is 6.07 Å². The van der Waals surface area contributed by atoms with E-state index in [0.717, 1.165) is 0 Å². The molecule has 0 radical (unpaired) electrons. The molecule has 72 valence electrons. The lowest BCUT2D eigenvalue weighted by Crippen LogP contribution is -1.93. The summed E-state index contributed by atoms with van der Waals surface area (Å²) in [5, 5.41) is 10.4. The second-order valence-electron chi connectivity index (χ2n) is 2.39. The Bertz CT molecular complexity index is 311. The van der Waals surface area contributed by atoms with Gasteiger partial charge in [-0.15, -0.1) is 0 Å². The molecule has 5 nitrogen and oxygen atoms in total. The number of halogens is 1. The predicted molar refractivity (Wildman–Crippen MR) is 50.5 cm³/mol. The molecular weight excluding hydrogens is 240 g/mol. The minimum absolute atomic E-state index is 0.0327. The van der Waals surface area contributed by atoms with Crippen molar-refractivity contribution in [1.82, 2.24) is 4.98 Å². The van der Waals surface area contributed by atoms with Gasteiger partial charge >= 0.3 is 5.82 Å². The lowest BCUT2D eigenvalue weighted by molar-refractivity contribution is -0.390. The van der Waals surface area contributed by atoms with E-state index in [0.29, 0.717) is 23.4 Å². The summed E-state index contributed by atoms with van der Waals surface area (Å²) in [6, 6.07) is 1.65. The summed E-state index contributed by atoms with van der Waals surface area (Å²) in [6.07, 6.45) is 0. The number of nitrogens with one attached hydrogen (secondary N) is 1. The molecule has 0 atom stereocenters. The molecule has 1 rings (SSSR count). The van der Waals surface area contributed by atoms with Gasteiger partial charge in [-0.05, 0) is 27.8 Å². The predicted octanol–water partition coefficient (Wildman–Crippen LogP) is 2.22. The standard InChI is InChI=1S/C7H9BrN2O3/c1-2-13-4-5-3-6(8)7(9-5)10(11)12/h3,9H,2,4H2,1H3. The molecule has 0 unspecified atom stereocenters. The quantitative estimate of drug-likeness (QED) is 0.657. The third-order valence-corrected chi connectivity index (χ3v) is 2.05. The van der Waals surface area contributed by atoms with E-state index in [9.17, 15) is 10.1 Å². The normalized spacial score (nSPS) is 10.3. The summed E-state index contributed by atoms with van der Waals surface area (Å²) in [7, 11) is 0. The molecule has 0 aromatic carbocycles. The minimum atomic E-state index is -0.473. The maximum atomic E-state index is 10.4. The van der Waals surface area contributed by atoms with E-state index in [-0.39, 0.29) is 5.82 Å². The molecule has 0 aliphatic heterocycles. The summed E-state index contributed by atoms with van der Waals surface area (Å²) in [4.78, 5) is 12.6. The van der Waals surface area contributed by atoms with E-state index in [1.807, 2.05) is 6.92 Å². The molecule has 0 aliphatic carbocycles. The first-order valence-corrected chi connectivity index (χ1v) is 4.54. The second kappa shape index (κ2) is 4.38. The van der Waals surface area contributed by atoms with Gasteiger partial charge < -0.3 is 14.9 Å². The molecular formula is C7H9BrN2O3. The lowest BCUT2D eigenvalue weighted by Gasteiger charge is -1.93. The molecule has 13 heavy (non-hydrogen) atoms. The van der Waals surface area contributed by atoms with Crippen LogP contribution in [0.1, 0.15) is 12.6 Å². The van der Waals surface area contributed by atoms with Crippen LogP contribution in [0.4, 0.5) is 5.82 Å². The zero-order chi connectivity index (χ0) is 9.84. The van der Waals surface area contributed by atoms with Crippen LogP contribution < -0.4 is 0 Å². The van der Waals surface area contributed by atoms with Crippen molar-refractivity contribution >= 4 is 21.7 Å². The first-order valence-electron chi connectivity index (χ1n) is 3.74. The number of ether oxygens (including phenoxy) is 1. The van der Waals surface area contributed by atoms with Crippen molar-refractivity contribution in [1.29, 1.82) is 0 Å². The fourth-order valence-electron chi connectivity index (χ4n) is 0.892. The molecule has 0 amide bonds. The van der Waals surface area contributed by atoms with Crippen LogP contribution in [0.15, 0.2) is 10.5 Å². The van der Waals surface area contributed by atoms with E-state index in [4.69, 9.17) is 4.74 Å². The molecule has 1 N–H and O–H groups in total. The molecule has 1 aromatic heterocycles. The molecule has 0 saturated carbocycles. The maximum Gasteiger partial charge on any atom is 0.335 e. The van der Waals surface area contributed by atoms with Gasteiger partial charge in [0.15, 0.2) is 0 Å². The van der Waals surface area contributed by atoms with Gasteiger partial charge in [-0.2, -0.15) is 0 Å². The number of nitro groups is 1. The van der Waals surface area contributed by atoms with Crippen LogP contribution in [0, 0.1) is 10.1 Å². The maximum absolute atomic E-state index is 10.4. The summed E-state index contributed by atoms with van der Waals surface area (Å²) < 4.78 is 5.54. The van der Waals surface area contributed by atoms with E-state index in [1.165, 1.54) is 0 Å². The van der Waals surface area contributed by atoms with E-state index < -0.39 is 4.92 Å². The van der Waals surface area contributed by atoms with Gasteiger partial charge in [-0.25, -0.2) is 4.98 Å². The van der Waals surface area contributed by atoms with Crippen molar-refractivity contribution in [2.45, 2.75) is 13.5 Å². The molecule has 0 saturated heterocycles. The van der Waals surface area contributed by atoms with Gasteiger partial charge in [0.05, 0.1) is 0 Å². The van der Waals surface area contributed by atoms with Crippen LogP contribution >= 0.6 is 15.9 Å². The van der Waals surface area contributed by atoms with Gasteiger partial charge in [0, 0.05) is 12.7 Å². The Kier molecular flexibility index (Phi) is 3.44. The average molecular weight is 249 g/mol. The van der Waals surface area contributed by atoms with E-state index >= 15 is 0 Å². The van der Waals surface area contributed by atoms with E-state index in [2.05, 4.69) is 20.9 Å². The van der Waals surface area contributed by atoms with Crippen molar-refractivity contribution in [3.8, 4) is 0 Å². The van der Waals surface area contributed by atoms with Crippen LogP contribution in [-0.2, 0) is 11.3 Å². The monoisotopic (exact) mass is 248 g/mol. The Morgan fingerprint density at radius 3 is 2.92 bits per heavy atom. The number of aromatic nitrogens is 1. The SMILES string of the molecule is CCOCc1cc(Br)c([N+](=O)[O-])[nH]1. The fraction of sp³-hybridized carbons (Fsp3) is 0.429. The summed E-state index contributed by atoms with van der Waals surface area (Å²) in [5.74, 6) is -0.0327. The third-order valence-electron chi connectivity index (χ3n) is 1.45. The zero-order valence-corrected chi connectivity index (χ0v) is 8.63. The Hall–Kier alpha value is -0.880. The molecule has 0 fully saturated rings. The van der Waals surface area contributed by atoms with Gasteiger partial charge in [-0.3, -0.25) is 0 Å². The highest BCUT2D eigenvalue weighted by Crippen LogP contribution is 2.24. The number of rotatable bonds is 4. The second-order valence-corrected chi connectivity index (χ2v) is 3.24. The molecule has 1 heterocycles. The molecule has 0 aliphatic rings. The van der Waals surface area contributed by atoms with Crippen LogP contribution in [0.3, 0.4) is 0 Å². The highest BCUT2D eigenvalue weighted by molar-refractivity contribution is 9.10. The lowest BCUT2D eigenvalue weighted by atomic mass is 10.5. The molecule has 6 heteroatoms. The topological polar surface area (TPSA) is 68.2 Å². The first kappa shape index (κ1) is 10.2. The molecule has 0 spiro atoms. The van der Waals surface area contributed by atoms with Gasteiger partial charge in [0.2, 0.25) is 0 Å². The fourth-order valence-corrected chi connectivity index (χ4v) is 1.41. The number of hydrogen-bond acceptors (Lipinski definition) is 3. The molecule has 0 bridgehead atoms. The van der Waals surface area contributed by atoms with Gasteiger partial charge in [0.1, 0.15) is 16.8 Å². The third kappa shape index (κ3) is 2.53. The van der Waals surface area contributed by atoms with Crippen molar-refractivity contribution in [2.75, 3.05) is 6.61 Å². The van der Waals surface area contributed by atoms with Gasteiger partial charge in [-0.1, -0.05) is 0 Å². The summed E-state index contributed by atoms with van der Waals surface area (Å²) in [6.45, 7) is 2.82. The van der Waals surface area contributed by atoms with Crippen LogP contribution in [0.25, 0.3) is 0 Å². The highest BCUT2D eigenvalue weighted by Gasteiger charge is 2.14. The Morgan fingerprint density at radius 1 is 1.77 bits per heavy atom. The number of nitrogens with zero attached hydrogens (tertiary/aromatic N) is 1. The zero-order valence-electron chi connectivity index (χ0n) is 7.04. The number of aromatic amines is 1. The highest BCUT2D eigenvalue weighted by atomic mass is 79.9. The first-order chi connectivity index (χ1) is 6.15.